The van der Waals surface area contributed by atoms with E-state index in [1.54, 1.807) is 12.1 Å². The molecule has 0 bridgehead atoms. The molecule has 4 rings (SSSR count). The predicted molar refractivity (Wildman–Crippen MR) is 119 cm³/mol. The zero-order valence-corrected chi connectivity index (χ0v) is 18.7. The van der Waals surface area contributed by atoms with Crippen molar-refractivity contribution >= 4 is 42.6 Å². The van der Waals surface area contributed by atoms with Crippen LogP contribution in [-0.4, -0.2) is 39.1 Å². The molecule has 0 saturated carbocycles. The number of fused-ring (bicyclic) bond motifs is 2. The number of unbranched alkanes of at least 4 members (excludes halogenated alkanes) is 2. The van der Waals surface area contributed by atoms with E-state index in [4.69, 9.17) is 9.47 Å². The summed E-state index contributed by atoms with van der Waals surface area (Å²) in [4.78, 5) is 16.5. The molecule has 2 N–H and O–H groups in total. The molecule has 2 aromatic carbocycles. The lowest BCUT2D eigenvalue weighted by Gasteiger charge is -2.18. The molecule has 0 unspecified atom stereocenters. The lowest BCUT2D eigenvalue weighted by Crippen LogP contribution is -2.25. The first-order chi connectivity index (χ1) is 15.4. The van der Waals surface area contributed by atoms with E-state index in [-0.39, 0.29) is 23.2 Å². The monoisotopic (exact) mass is 479 g/mol. The molecule has 3 aromatic rings. The van der Waals surface area contributed by atoms with Gasteiger partial charge in [-0.3, -0.25) is 4.79 Å². The maximum atomic E-state index is 13.3. The van der Waals surface area contributed by atoms with Crippen LogP contribution in [0.15, 0.2) is 41.3 Å². The Balaban J connectivity index is 1.17. The maximum Gasteiger partial charge on any atom is 0.240 e. The maximum absolute atomic E-state index is 13.3. The molecular weight excluding hydrogens is 457 g/mol. The van der Waals surface area contributed by atoms with Crippen molar-refractivity contribution in [2.24, 2.45) is 0 Å². The van der Waals surface area contributed by atoms with E-state index < -0.39 is 10.0 Å². The summed E-state index contributed by atoms with van der Waals surface area (Å²) >= 11 is 1.22. The van der Waals surface area contributed by atoms with E-state index in [0.29, 0.717) is 65.7 Å². The van der Waals surface area contributed by atoms with Crippen molar-refractivity contribution in [2.45, 2.75) is 30.6 Å². The van der Waals surface area contributed by atoms with Crippen LogP contribution in [0.2, 0.25) is 0 Å². The molecule has 2 heterocycles. The summed E-state index contributed by atoms with van der Waals surface area (Å²) in [5.74, 6) is 0.430. The molecule has 0 saturated heterocycles. The second-order valence-electron chi connectivity index (χ2n) is 7.19. The molecule has 1 aromatic heterocycles. The molecule has 0 aliphatic carbocycles. The first-order valence-electron chi connectivity index (χ1n) is 10.2. The van der Waals surface area contributed by atoms with Crippen LogP contribution in [0.4, 0.5) is 9.52 Å². The van der Waals surface area contributed by atoms with Gasteiger partial charge in [0.05, 0.1) is 15.1 Å². The minimum Gasteiger partial charge on any atom is -0.486 e. The van der Waals surface area contributed by atoms with Crippen LogP contribution in [0.25, 0.3) is 10.2 Å². The highest BCUT2D eigenvalue weighted by molar-refractivity contribution is 7.89. The van der Waals surface area contributed by atoms with Gasteiger partial charge in [-0.25, -0.2) is 22.5 Å². The molecular formula is C21H22FN3O5S2. The van der Waals surface area contributed by atoms with E-state index in [9.17, 15) is 17.6 Å². The van der Waals surface area contributed by atoms with Crippen molar-refractivity contribution in [3.05, 3.63) is 42.2 Å². The molecule has 170 valence electrons. The molecule has 1 aliphatic heterocycles. The van der Waals surface area contributed by atoms with Crippen LogP contribution in [0.3, 0.4) is 0 Å². The van der Waals surface area contributed by atoms with Gasteiger partial charge in [0, 0.05) is 19.0 Å². The van der Waals surface area contributed by atoms with Gasteiger partial charge in [-0.1, -0.05) is 17.8 Å². The average Bonchev–Trinajstić information content (AvgIpc) is 3.16. The Bertz CT molecular complexity index is 1230. The van der Waals surface area contributed by atoms with Crippen LogP contribution < -0.4 is 19.5 Å². The normalized spacial score (nSPS) is 13.3. The molecule has 0 radical (unpaired) electrons. The van der Waals surface area contributed by atoms with E-state index in [1.165, 1.54) is 35.6 Å². The molecule has 11 heteroatoms. The number of nitrogens with zero attached hydrogens (tertiary/aromatic N) is 1. The Kier molecular flexibility index (Phi) is 6.87. The summed E-state index contributed by atoms with van der Waals surface area (Å²) in [7, 11) is -3.65. The van der Waals surface area contributed by atoms with Crippen molar-refractivity contribution in [2.75, 3.05) is 25.1 Å². The van der Waals surface area contributed by atoms with E-state index in [1.807, 2.05) is 0 Å². The van der Waals surface area contributed by atoms with E-state index >= 15 is 0 Å². The Morgan fingerprint density at radius 3 is 2.72 bits per heavy atom. The summed E-state index contributed by atoms with van der Waals surface area (Å²) in [6.07, 6.45) is 2.18. The van der Waals surface area contributed by atoms with Crippen LogP contribution in [-0.2, 0) is 14.8 Å². The zero-order valence-electron chi connectivity index (χ0n) is 17.1. The number of halogens is 1. The molecule has 0 fully saturated rings. The number of carbonyl (C=O) groups excluding carboxylic acids is 1. The summed E-state index contributed by atoms with van der Waals surface area (Å²) in [5.41, 5.74) is 0.636. The highest BCUT2D eigenvalue weighted by Gasteiger charge is 2.19. The van der Waals surface area contributed by atoms with Crippen molar-refractivity contribution in [1.29, 1.82) is 0 Å². The molecule has 32 heavy (non-hydrogen) atoms. The number of thiazole rings is 1. The molecule has 0 atom stereocenters. The average molecular weight is 480 g/mol. The fraction of sp³-hybridized carbons (Fsp3) is 0.333. The van der Waals surface area contributed by atoms with Crippen molar-refractivity contribution in [1.82, 2.24) is 9.71 Å². The van der Waals surface area contributed by atoms with E-state index in [0.717, 1.165) is 0 Å². The van der Waals surface area contributed by atoms with Crippen molar-refractivity contribution < 1.29 is 27.1 Å². The van der Waals surface area contributed by atoms with Crippen molar-refractivity contribution in [3.63, 3.8) is 0 Å². The Morgan fingerprint density at radius 1 is 1.06 bits per heavy atom. The minimum absolute atomic E-state index is 0.122. The molecule has 8 nitrogen and oxygen atoms in total. The van der Waals surface area contributed by atoms with Gasteiger partial charge in [0.2, 0.25) is 15.9 Å². The third-order valence-corrected chi connectivity index (χ3v) is 7.19. The van der Waals surface area contributed by atoms with Gasteiger partial charge in [0.25, 0.3) is 0 Å². The number of anilines is 1. The van der Waals surface area contributed by atoms with Gasteiger partial charge >= 0.3 is 0 Å². The number of nitrogens with one attached hydrogen (secondary N) is 2. The minimum atomic E-state index is -3.65. The second kappa shape index (κ2) is 9.80. The van der Waals surface area contributed by atoms with Crippen molar-refractivity contribution in [3.8, 4) is 11.5 Å². The SMILES string of the molecule is O=C(CCCCCNS(=O)(=O)c1ccc2c(c1)OCCO2)Nc1nc2ccc(F)cc2s1. The standard InChI is InChI=1S/C21H22FN3O5S2/c22-14-5-7-16-19(12-14)31-21(24-16)25-20(26)4-2-1-3-9-23-32(27,28)15-6-8-17-18(13-15)30-11-10-29-17/h5-8,12-13,23H,1-4,9-11H2,(H,24,25,26). The van der Waals surface area contributed by atoms with Gasteiger partial charge in [-0.05, 0) is 43.2 Å². The lowest BCUT2D eigenvalue weighted by atomic mass is 10.2. The zero-order chi connectivity index (χ0) is 22.6. The highest BCUT2D eigenvalue weighted by Crippen LogP contribution is 2.32. The van der Waals surface area contributed by atoms with Crippen LogP contribution in [0.1, 0.15) is 25.7 Å². The fourth-order valence-corrected chi connectivity index (χ4v) is 5.20. The first-order valence-corrected chi connectivity index (χ1v) is 12.5. The number of sulfonamides is 1. The van der Waals surface area contributed by atoms with Crippen LogP contribution >= 0.6 is 11.3 Å². The summed E-state index contributed by atoms with van der Waals surface area (Å²) < 4.78 is 52.2. The Labute approximate surface area is 188 Å². The number of hydrogen-bond acceptors (Lipinski definition) is 7. The van der Waals surface area contributed by atoms with Gasteiger partial charge in [-0.2, -0.15) is 0 Å². The predicted octanol–water partition coefficient (Wildman–Crippen LogP) is 3.68. The molecule has 1 amide bonds. The first kappa shape index (κ1) is 22.4. The third kappa shape index (κ3) is 5.53. The van der Waals surface area contributed by atoms with Crippen LogP contribution in [0, 0.1) is 5.82 Å². The molecule has 1 aliphatic rings. The Hall–Kier alpha value is -2.76. The lowest BCUT2D eigenvalue weighted by molar-refractivity contribution is -0.116. The number of hydrogen-bond donors (Lipinski definition) is 2. The van der Waals surface area contributed by atoms with Gasteiger partial charge < -0.3 is 14.8 Å². The number of ether oxygens (including phenoxy) is 2. The highest BCUT2D eigenvalue weighted by atomic mass is 32.2. The second-order valence-corrected chi connectivity index (χ2v) is 9.99. The number of carbonyl (C=O) groups is 1. The number of aromatic nitrogens is 1. The number of rotatable bonds is 9. The third-order valence-electron chi connectivity index (χ3n) is 4.79. The quantitative estimate of drug-likeness (QED) is 0.454. The topological polar surface area (TPSA) is 107 Å². The number of benzene rings is 2. The molecule has 0 spiro atoms. The number of amides is 1. The van der Waals surface area contributed by atoms with Gasteiger partial charge in [0.1, 0.15) is 19.0 Å². The van der Waals surface area contributed by atoms with E-state index in [2.05, 4.69) is 15.0 Å². The summed E-state index contributed by atoms with van der Waals surface area (Å²) in [6.45, 7) is 1.09. The van der Waals surface area contributed by atoms with Gasteiger partial charge in [-0.15, -0.1) is 0 Å². The van der Waals surface area contributed by atoms with Gasteiger partial charge in [0.15, 0.2) is 16.6 Å². The summed E-state index contributed by atoms with van der Waals surface area (Å²) in [5, 5.41) is 3.16. The smallest absolute Gasteiger partial charge is 0.240 e. The fourth-order valence-electron chi connectivity index (χ4n) is 3.20. The largest absolute Gasteiger partial charge is 0.486 e. The Morgan fingerprint density at radius 2 is 1.88 bits per heavy atom. The summed E-state index contributed by atoms with van der Waals surface area (Å²) in [6, 6.07) is 8.81. The van der Waals surface area contributed by atoms with Crippen LogP contribution in [0.5, 0.6) is 11.5 Å².